The van der Waals surface area contributed by atoms with E-state index in [0.717, 1.165) is 24.8 Å². The topological polar surface area (TPSA) is 74.6 Å². The van der Waals surface area contributed by atoms with E-state index in [9.17, 15) is 19.8 Å². The van der Waals surface area contributed by atoms with E-state index in [4.69, 9.17) is 34.8 Å². The predicted molar refractivity (Wildman–Crippen MR) is 140 cm³/mol. The number of thioether (sulfide) groups is 1. The predicted octanol–water partition coefficient (Wildman–Crippen LogP) is 6.32. The van der Waals surface area contributed by atoms with Gasteiger partial charge in [0.25, 0.3) is 0 Å². The number of halogens is 3. The van der Waals surface area contributed by atoms with Gasteiger partial charge in [0, 0.05) is 21.6 Å². The van der Waals surface area contributed by atoms with Gasteiger partial charge in [-0.1, -0.05) is 60.3 Å². The lowest BCUT2D eigenvalue weighted by Gasteiger charge is -2.59. The zero-order valence-electron chi connectivity index (χ0n) is 19.7. The van der Waals surface area contributed by atoms with Crippen LogP contribution in [-0.2, 0) is 9.59 Å². The summed E-state index contributed by atoms with van der Waals surface area (Å²) in [4.78, 5) is 26.2. The van der Waals surface area contributed by atoms with Gasteiger partial charge in [0.1, 0.15) is 5.60 Å². The van der Waals surface area contributed by atoms with E-state index >= 15 is 0 Å². The highest BCUT2D eigenvalue weighted by atomic mass is 35.5. The molecule has 3 fully saturated rings. The van der Waals surface area contributed by atoms with E-state index < -0.39 is 17.1 Å². The lowest BCUT2D eigenvalue weighted by atomic mass is 9.46. The number of fused-ring (bicyclic) bond motifs is 5. The van der Waals surface area contributed by atoms with Crippen LogP contribution in [-0.4, -0.2) is 39.2 Å². The molecule has 4 aliphatic rings. The molecule has 0 bridgehead atoms. The van der Waals surface area contributed by atoms with Crippen LogP contribution in [0, 0.1) is 28.6 Å². The van der Waals surface area contributed by atoms with Crippen LogP contribution in [0.2, 0.25) is 15.1 Å². The average molecular weight is 556 g/mol. The molecule has 0 spiro atoms. The molecular formula is C27H29Cl3O4S. The summed E-state index contributed by atoms with van der Waals surface area (Å²) in [6.45, 7) is 4.10. The molecule has 35 heavy (non-hydrogen) atoms. The molecule has 5 unspecified atom stereocenters. The van der Waals surface area contributed by atoms with Crippen molar-refractivity contribution in [2.45, 2.75) is 62.6 Å². The van der Waals surface area contributed by atoms with Crippen molar-refractivity contribution in [1.82, 2.24) is 0 Å². The molecule has 0 aromatic heterocycles. The molecule has 2 N–H and O–H groups in total. The number of rotatable bonds is 4. The fourth-order valence-corrected chi connectivity index (χ4v) is 9.36. The molecule has 4 nitrogen and oxygen atoms in total. The van der Waals surface area contributed by atoms with Gasteiger partial charge in [-0.3, -0.25) is 9.59 Å². The maximum atomic E-state index is 13.5. The van der Waals surface area contributed by atoms with Gasteiger partial charge in [-0.2, -0.15) is 0 Å². The van der Waals surface area contributed by atoms with E-state index in [1.165, 1.54) is 11.8 Å². The molecular weight excluding hydrogens is 527 g/mol. The second-order valence-corrected chi connectivity index (χ2v) is 13.3. The number of hydrogen-bond acceptors (Lipinski definition) is 5. The van der Waals surface area contributed by atoms with E-state index in [0.29, 0.717) is 32.8 Å². The Morgan fingerprint density at radius 2 is 1.86 bits per heavy atom. The van der Waals surface area contributed by atoms with E-state index in [1.54, 1.807) is 24.3 Å². The fraction of sp³-hybridized carbons (Fsp3) is 0.556. The van der Waals surface area contributed by atoms with Gasteiger partial charge in [0.2, 0.25) is 0 Å². The number of ketones is 2. The highest BCUT2D eigenvalue weighted by Gasteiger charge is 2.67. The van der Waals surface area contributed by atoms with Crippen molar-refractivity contribution in [1.29, 1.82) is 0 Å². The van der Waals surface area contributed by atoms with E-state index in [2.05, 4.69) is 6.92 Å². The number of benzene rings is 1. The van der Waals surface area contributed by atoms with E-state index in [1.807, 2.05) is 13.0 Å². The lowest BCUT2D eigenvalue weighted by Crippen LogP contribution is -2.61. The molecule has 0 amide bonds. The average Bonchev–Trinajstić information content (AvgIpc) is 3.06. The molecule has 0 saturated heterocycles. The molecule has 3 saturated carbocycles. The van der Waals surface area contributed by atoms with Crippen LogP contribution in [0.25, 0.3) is 0 Å². The highest BCUT2D eigenvalue weighted by molar-refractivity contribution is 8.00. The normalized spacial score (nSPS) is 40.1. The zero-order chi connectivity index (χ0) is 25.3. The van der Waals surface area contributed by atoms with Crippen molar-refractivity contribution in [3.63, 3.8) is 0 Å². The number of Topliss-reactive ketones (excluding diaryl/α,β-unsaturated/α-hetero) is 1. The second kappa shape index (κ2) is 8.89. The molecule has 1 aromatic rings. The Bertz CT molecular complexity index is 1170. The first kappa shape index (κ1) is 25.8. The summed E-state index contributed by atoms with van der Waals surface area (Å²) in [5.74, 6) is 0.0655. The maximum absolute atomic E-state index is 13.5. The summed E-state index contributed by atoms with van der Waals surface area (Å²) < 4.78 is 0. The summed E-state index contributed by atoms with van der Waals surface area (Å²) in [5, 5.41) is 24.5. The number of hydrogen-bond donors (Lipinski definition) is 2. The first-order chi connectivity index (χ1) is 16.4. The van der Waals surface area contributed by atoms with Crippen molar-refractivity contribution in [2.75, 3.05) is 5.75 Å². The smallest absolute Gasteiger partial charge is 0.178 e. The number of carbonyl (C=O) groups excluding carboxylic acids is 2. The van der Waals surface area contributed by atoms with Crippen LogP contribution < -0.4 is 0 Å². The van der Waals surface area contributed by atoms with Crippen LogP contribution in [0.15, 0.2) is 40.8 Å². The van der Waals surface area contributed by atoms with Gasteiger partial charge in [-0.25, -0.2) is 0 Å². The SMILES string of the molecule is CC12C=CC(=O)C=C1CCC1C2[C@@H](O)CC2(C)C1CC[C@]2(O)C(=O)CSc1cc(Cl)c(Cl)cc1Cl. The molecule has 8 heteroatoms. The lowest BCUT2D eigenvalue weighted by molar-refractivity contribution is -0.174. The minimum atomic E-state index is -1.52. The van der Waals surface area contributed by atoms with Gasteiger partial charge in [-0.05, 0) is 68.2 Å². The Kier molecular flexibility index (Phi) is 6.55. The number of aliphatic hydroxyl groups excluding tert-OH is 1. The minimum Gasteiger partial charge on any atom is -0.393 e. The fourth-order valence-electron chi connectivity index (χ4n) is 7.67. The molecule has 5 rings (SSSR count). The molecule has 1 aromatic carbocycles. The van der Waals surface area contributed by atoms with Gasteiger partial charge in [-0.15, -0.1) is 11.8 Å². The molecule has 188 valence electrons. The van der Waals surface area contributed by atoms with Crippen LogP contribution in [0.5, 0.6) is 0 Å². The first-order valence-electron chi connectivity index (χ1n) is 12.1. The molecule has 7 atom stereocenters. The maximum Gasteiger partial charge on any atom is 0.178 e. The Labute approximate surface area is 225 Å². The Hall–Kier alpha value is -0.820. The third kappa shape index (κ3) is 3.88. The monoisotopic (exact) mass is 554 g/mol. The standard InChI is InChI=1S/C27H29Cl3O4S/c1-25-7-5-15(31)9-14(25)3-4-16-17-6-8-27(34,26(17,2)12-21(32)24(16)25)23(33)13-35-22-11-19(29)18(28)10-20(22)30/h5,7,9-11,16-17,21,24,32,34H,3-4,6,8,12-13H2,1-2H3/t16?,17?,21-,24?,25?,26?,27-/m0/s1. The Morgan fingerprint density at radius 3 is 2.60 bits per heavy atom. The molecule has 0 aliphatic heterocycles. The van der Waals surface area contributed by atoms with Crippen molar-refractivity contribution in [3.8, 4) is 0 Å². The summed E-state index contributed by atoms with van der Waals surface area (Å²) >= 11 is 19.7. The van der Waals surface area contributed by atoms with Crippen LogP contribution in [0.4, 0.5) is 0 Å². The Balaban J connectivity index is 1.39. The zero-order valence-corrected chi connectivity index (χ0v) is 22.8. The minimum absolute atomic E-state index is 0.00600. The third-order valence-electron chi connectivity index (χ3n) is 9.44. The van der Waals surface area contributed by atoms with Crippen molar-refractivity contribution in [3.05, 3.63) is 51.0 Å². The van der Waals surface area contributed by atoms with Gasteiger partial charge < -0.3 is 10.2 Å². The van der Waals surface area contributed by atoms with Crippen molar-refractivity contribution in [2.24, 2.45) is 28.6 Å². The first-order valence-corrected chi connectivity index (χ1v) is 14.2. The molecule has 0 radical (unpaired) electrons. The largest absolute Gasteiger partial charge is 0.393 e. The van der Waals surface area contributed by atoms with Crippen molar-refractivity contribution < 1.29 is 19.8 Å². The third-order valence-corrected chi connectivity index (χ3v) is 11.6. The quantitative estimate of drug-likeness (QED) is 0.336. The van der Waals surface area contributed by atoms with E-state index in [-0.39, 0.29) is 40.5 Å². The molecule has 4 aliphatic carbocycles. The Morgan fingerprint density at radius 1 is 1.14 bits per heavy atom. The summed E-state index contributed by atoms with van der Waals surface area (Å²) in [5.41, 5.74) is -1.52. The van der Waals surface area contributed by atoms with Gasteiger partial charge in [0.05, 0.1) is 26.9 Å². The molecule has 0 heterocycles. The van der Waals surface area contributed by atoms with Gasteiger partial charge >= 0.3 is 0 Å². The van der Waals surface area contributed by atoms with Gasteiger partial charge in [0.15, 0.2) is 11.6 Å². The summed E-state index contributed by atoms with van der Waals surface area (Å²) in [7, 11) is 0. The van der Waals surface area contributed by atoms with Crippen LogP contribution in [0.1, 0.15) is 46.0 Å². The number of aliphatic hydroxyl groups is 2. The number of allylic oxidation sites excluding steroid dienone is 4. The number of carbonyl (C=O) groups is 2. The van der Waals surface area contributed by atoms with Crippen molar-refractivity contribution >= 4 is 58.1 Å². The summed E-state index contributed by atoms with van der Waals surface area (Å²) in [6.07, 6.45) is 7.76. The van der Waals surface area contributed by atoms with Crippen LogP contribution >= 0.6 is 46.6 Å². The summed E-state index contributed by atoms with van der Waals surface area (Å²) in [6, 6.07) is 3.19. The van der Waals surface area contributed by atoms with Crippen LogP contribution in [0.3, 0.4) is 0 Å². The second-order valence-electron chi connectivity index (χ2n) is 11.0. The highest BCUT2D eigenvalue weighted by Crippen LogP contribution is 2.67.